The van der Waals surface area contributed by atoms with Gasteiger partial charge in [-0.3, -0.25) is 0 Å². The van der Waals surface area contributed by atoms with Crippen LogP contribution in [0.3, 0.4) is 0 Å². The zero-order valence-corrected chi connectivity index (χ0v) is 13.4. The summed E-state index contributed by atoms with van der Waals surface area (Å²) >= 11 is 7.49. The quantitative estimate of drug-likeness (QED) is 0.465. The van der Waals surface area contributed by atoms with E-state index < -0.39 is 6.10 Å². The molecule has 0 amide bonds. The summed E-state index contributed by atoms with van der Waals surface area (Å²) in [5.74, 6) is 0.874. The van der Waals surface area contributed by atoms with Gasteiger partial charge in [-0.15, -0.1) is 11.8 Å². The fraction of sp³-hybridized carbons (Fsp3) is 0.312. The number of thioether (sulfide) groups is 1. The highest BCUT2D eigenvalue weighted by atomic mass is 35.5. The summed E-state index contributed by atoms with van der Waals surface area (Å²) in [7, 11) is 0. The van der Waals surface area contributed by atoms with E-state index in [-0.39, 0.29) is 6.04 Å². The first-order valence-electron chi connectivity index (χ1n) is 6.88. The Bertz CT molecular complexity index is 553. The molecule has 2 N–H and O–H groups in total. The number of pyridine rings is 1. The number of nitrogens with zero attached hydrogens (tertiary/aromatic N) is 1. The third-order valence-corrected chi connectivity index (χ3v) is 4.26. The summed E-state index contributed by atoms with van der Waals surface area (Å²) < 4.78 is 0. The lowest BCUT2D eigenvalue weighted by atomic mass is 10.0. The SMILES string of the molecule is CC(NCCSc1cccc(Cl)n1)C(O)c1ccccc1. The van der Waals surface area contributed by atoms with E-state index in [1.54, 1.807) is 17.8 Å². The van der Waals surface area contributed by atoms with Crippen molar-refractivity contribution in [3.8, 4) is 0 Å². The zero-order valence-electron chi connectivity index (χ0n) is 11.9. The highest BCUT2D eigenvalue weighted by Crippen LogP contribution is 2.18. The van der Waals surface area contributed by atoms with Crippen molar-refractivity contribution in [2.24, 2.45) is 0 Å². The van der Waals surface area contributed by atoms with Gasteiger partial charge in [0.25, 0.3) is 0 Å². The topological polar surface area (TPSA) is 45.2 Å². The smallest absolute Gasteiger partial charge is 0.130 e. The van der Waals surface area contributed by atoms with Crippen LogP contribution in [0, 0.1) is 0 Å². The van der Waals surface area contributed by atoms with Crippen molar-refractivity contribution in [3.63, 3.8) is 0 Å². The second kappa shape index (κ2) is 8.39. The fourth-order valence-electron chi connectivity index (χ4n) is 1.96. The van der Waals surface area contributed by atoms with E-state index in [1.807, 2.05) is 49.4 Å². The van der Waals surface area contributed by atoms with Crippen molar-refractivity contribution >= 4 is 23.4 Å². The molecule has 0 fully saturated rings. The van der Waals surface area contributed by atoms with E-state index in [9.17, 15) is 5.11 Å². The Hall–Kier alpha value is -1.07. The summed E-state index contributed by atoms with van der Waals surface area (Å²) in [5.41, 5.74) is 0.932. The predicted octanol–water partition coefficient (Wildman–Crippen LogP) is 3.54. The van der Waals surface area contributed by atoms with Crippen molar-refractivity contribution in [1.82, 2.24) is 10.3 Å². The maximum Gasteiger partial charge on any atom is 0.130 e. The molecular weight excluding hydrogens is 304 g/mol. The second-order valence-corrected chi connectivity index (χ2v) is 6.25. The molecule has 0 saturated carbocycles. The number of hydrogen-bond donors (Lipinski definition) is 2. The van der Waals surface area contributed by atoms with Gasteiger partial charge in [-0.1, -0.05) is 48.0 Å². The van der Waals surface area contributed by atoms with E-state index >= 15 is 0 Å². The lowest BCUT2D eigenvalue weighted by Gasteiger charge is -2.20. The van der Waals surface area contributed by atoms with Gasteiger partial charge in [-0.05, 0) is 24.6 Å². The van der Waals surface area contributed by atoms with Crippen LogP contribution in [0.15, 0.2) is 53.6 Å². The number of rotatable bonds is 7. The molecule has 0 bridgehead atoms. The Kier molecular flexibility index (Phi) is 6.51. The van der Waals surface area contributed by atoms with Crippen LogP contribution in [-0.4, -0.2) is 28.4 Å². The number of benzene rings is 1. The molecule has 112 valence electrons. The summed E-state index contributed by atoms with van der Waals surface area (Å²) in [6, 6.07) is 15.3. The van der Waals surface area contributed by atoms with E-state index in [1.165, 1.54) is 0 Å². The molecule has 1 aromatic carbocycles. The molecule has 2 aromatic rings. The van der Waals surface area contributed by atoms with Crippen molar-refractivity contribution in [1.29, 1.82) is 0 Å². The lowest BCUT2D eigenvalue weighted by molar-refractivity contribution is 0.137. The Labute approximate surface area is 134 Å². The van der Waals surface area contributed by atoms with Crippen LogP contribution >= 0.6 is 23.4 Å². The molecule has 2 rings (SSSR count). The Morgan fingerprint density at radius 1 is 1.19 bits per heavy atom. The van der Waals surface area contributed by atoms with Crippen LogP contribution in [0.1, 0.15) is 18.6 Å². The Morgan fingerprint density at radius 3 is 2.67 bits per heavy atom. The first kappa shape index (κ1) is 16.3. The van der Waals surface area contributed by atoms with Gasteiger partial charge in [0, 0.05) is 18.3 Å². The minimum absolute atomic E-state index is 0.000297. The fourth-order valence-corrected chi connectivity index (χ4v) is 2.94. The van der Waals surface area contributed by atoms with Crippen LogP contribution < -0.4 is 5.32 Å². The van der Waals surface area contributed by atoms with E-state index in [0.29, 0.717) is 5.15 Å². The molecule has 3 nitrogen and oxygen atoms in total. The van der Waals surface area contributed by atoms with Crippen LogP contribution in [0.2, 0.25) is 5.15 Å². The minimum Gasteiger partial charge on any atom is -0.387 e. The van der Waals surface area contributed by atoms with Gasteiger partial charge in [0.05, 0.1) is 11.1 Å². The molecular formula is C16H19ClN2OS. The number of aliphatic hydroxyl groups excluding tert-OH is 1. The molecule has 1 heterocycles. The first-order chi connectivity index (χ1) is 10.2. The summed E-state index contributed by atoms with van der Waals surface area (Å²) in [6.07, 6.45) is -0.500. The molecule has 0 aliphatic heterocycles. The molecule has 0 spiro atoms. The van der Waals surface area contributed by atoms with Crippen LogP contribution in [0.25, 0.3) is 0 Å². The first-order valence-corrected chi connectivity index (χ1v) is 8.25. The third-order valence-electron chi connectivity index (χ3n) is 3.12. The average Bonchev–Trinajstić information content (AvgIpc) is 2.51. The van der Waals surface area contributed by atoms with Crippen LogP contribution in [-0.2, 0) is 0 Å². The third kappa shape index (κ3) is 5.32. The summed E-state index contributed by atoms with van der Waals surface area (Å²) in [6.45, 7) is 2.78. The second-order valence-electron chi connectivity index (χ2n) is 4.75. The monoisotopic (exact) mass is 322 g/mol. The predicted molar refractivity (Wildman–Crippen MR) is 88.8 cm³/mol. The number of aliphatic hydroxyl groups is 1. The summed E-state index contributed by atoms with van der Waals surface area (Å²) in [4.78, 5) is 4.22. The standard InChI is InChI=1S/C16H19ClN2OS/c1-12(16(20)13-6-3-2-4-7-13)18-10-11-21-15-9-5-8-14(17)19-15/h2-9,12,16,18,20H,10-11H2,1H3. The molecule has 0 aliphatic carbocycles. The number of nitrogens with one attached hydrogen (secondary N) is 1. The van der Waals surface area contributed by atoms with E-state index in [2.05, 4.69) is 10.3 Å². The molecule has 1 aromatic heterocycles. The number of aromatic nitrogens is 1. The van der Waals surface area contributed by atoms with Gasteiger partial charge < -0.3 is 10.4 Å². The van der Waals surface area contributed by atoms with Crippen molar-refractivity contribution in [2.45, 2.75) is 24.1 Å². The summed E-state index contributed by atoms with van der Waals surface area (Å²) in [5, 5.41) is 15.0. The molecule has 0 saturated heterocycles. The van der Waals surface area contributed by atoms with E-state index in [0.717, 1.165) is 22.9 Å². The van der Waals surface area contributed by atoms with Gasteiger partial charge in [0.15, 0.2) is 0 Å². The van der Waals surface area contributed by atoms with Gasteiger partial charge in [-0.25, -0.2) is 4.98 Å². The number of hydrogen-bond acceptors (Lipinski definition) is 4. The van der Waals surface area contributed by atoms with Crippen LogP contribution in [0.5, 0.6) is 0 Å². The molecule has 21 heavy (non-hydrogen) atoms. The Morgan fingerprint density at radius 2 is 1.95 bits per heavy atom. The molecule has 0 aliphatic rings. The lowest BCUT2D eigenvalue weighted by Crippen LogP contribution is -2.33. The maximum absolute atomic E-state index is 10.2. The minimum atomic E-state index is -0.500. The van der Waals surface area contributed by atoms with Crippen molar-refractivity contribution in [3.05, 3.63) is 59.2 Å². The maximum atomic E-state index is 10.2. The highest BCUT2D eigenvalue weighted by molar-refractivity contribution is 7.99. The van der Waals surface area contributed by atoms with Gasteiger partial charge >= 0.3 is 0 Å². The molecule has 0 radical (unpaired) electrons. The van der Waals surface area contributed by atoms with Gasteiger partial charge in [-0.2, -0.15) is 0 Å². The Balaban J connectivity index is 1.73. The van der Waals surface area contributed by atoms with Gasteiger partial charge in [0.2, 0.25) is 0 Å². The highest BCUT2D eigenvalue weighted by Gasteiger charge is 2.14. The zero-order chi connectivity index (χ0) is 15.1. The van der Waals surface area contributed by atoms with E-state index in [4.69, 9.17) is 11.6 Å². The largest absolute Gasteiger partial charge is 0.387 e. The normalized spacial score (nSPS) is 13.9. The average molecular weight is 323 g/mol. The molecule has 2 atom stereocenters. The number of halogens is 1. The van der Waals surface area contributed by atoms with Crippen molar-refractivity contribution < 1.29 is 5.11 Å². The molecule has 2 unspecified atom stereocenters. The van der Waals surface area contributed by atoms with Crippen molar-refractivity contribution in [2.75, 3.05) is 12.3 Å². The molecule has 5 heteroatoms. The van der Waals surface area contributed by atoms with Crippen LogP contribution in [0.4, 0.5) is 0 Å². The van der Waals surface area contributed by atoms with Gasteiger partial charge in [0.1, 0.15) is 5.15 Å².